The van der Waals surface area contributed by atoms with Gasteiger partial charge in [0.2, 0.25) is 15.9 Å². The molecule has 0 aliphatic rings. The van der Waals surface area contributed by atoms with Gasteiger partial charge in [0, 0.05) is 20.1 Å². The van der Waals surface area contributed by atoms with Crippen LogP contribution in [-0.2, 0) is 26.1 Å². The Hall–Kier alpha value is -1.44. The minimum Gasteiger partial charge on any atom is -0.382 e. The molecule has 0 saturated carbocycles. The highest BCUT2D eigenvalue weighted by Gasteiger charge is 2.08. The van der Waals surface area contributed by atoms with Crippen LogP contribution in [0.25, 0.3) is 0 Å². The summed E-state index contributed by atoms with van der Waals surface area (Å²) in [6.07, 6.45) is 1.10. The van der Waals surface area contributed by atoms with E-state index in [1.54, 1.807) is 19.2 Å². The highest BCUT2D eigenvalue weighted by Crippen LogP contribution is 2.08. The summed E-state index contributed by atoms with van der Waals surface area (Å²) < 4.78 is 27.2. The number of primary sulfonamides is 1. The van der Waals surface area contributed by atoms with E-state index in [0.717, 1.165) is 5.56 Å². The fourth-order valence-electron chi connectivity index (χ4n) is 1.54. The van der Waals surface area contributed by atoms with Gasteiger partial charge in [0.1, 0.15) is 0 Å². The Bertz CT molecular complexity index is 540. The molecule has 1 aromatic carbocycles. The molecule has 0 aliphatic carbocycles. The van der Waals surface area contributed by atoms with Gasteiger partial charge in [-0.15, -0.1) is 0 Å². The molecule has 1 rings (SSSR count). The molecule has 1 aromatic rings. The number of methoxy groups -OCH3 is 1. The maximum atomic E-state index is 11.6. The summed E-state index contributed by atoms with van der Waals surface area (Å²) in [4.78, 5) is 11.6. The second-order valence-corrected chi connectivity index (χ2v) is 6.11. The van der Waals surface area contributed by atoms with Crippen LogP contribution in [-0.4, -0.2) is 27.5 Å². The number of carbonyl (C=O) groups excluding carboxylic acids is 1. The number of rotatable bonds is 7. The zero-order chi connectivity index (χ0) is 15.2. The zero-order valence-electron chi connectivity index (χ0n) is 11.6. The molecular formula is C13H20N2O4S. The number of hydrogen-bond donors (Lipinski definition) is 2. The van der Waals surface area contributed by atoms with E-state index in [4.69, 9.17) is 9.88 Å². The van der Waals surface area contributed by atoms with Crippen LogP contribution in [0.2, 0.25) is 0 Å². The normalized spacial score (nSPS) is 12.9. The summed E-state index contributed by atoms with van der Waals surface area (Å²) >= 11 is 0. The lowest BCUT2D eigenvalue weighted by Gasteiger charge is -2.09. The molecule has 3 N–H and O–H groups in total. The van der Waals surface area contributed by atoms with Gasteiger partial charge in [0.15, 0.2) is 0 Å². The fraction of sp³-hybridized carbons (Fsp3) is 0.462. The van der Waals surface area contributed by atoms with Gasteiger partial charge in [-0.1, -0.05) is 12.1 Å². The highest BCUT2D eigenvalue weighted by molar-refractivity contribution is 7.89. The maximum absolute atomic E-state index is 11.6. The minimum atomic E-state index is -3.67. The van der Waals surface area contributed by atoms with Crippen LogP contribution in [0.15, 0.2) is 29.2 Å². The summed E-state index contributed by atoms with van der Waals surface area (Å²) in [7, 11) is -2.07. The fourth-order valence-corrected chi connectivity index (χ4v) is 2.05. The van der Waals surface area contributed by atoms with Crippen molar-refractivity contribution in [2.24, 2.45) is 5.14 Å². The van der Waals surface area contributed by atoms with Crippen LogP contribution >= 0.6 is 0 Å². The molecule has 20 heavy (non-hydrogen) atoms. The van der Waals surface area contributed by atoms with E-state index in [-0.39, 0.29) is 16.9 Å². The first kappa shape index (κ1) is 16.6. The summed E-state index contributed by atoms with van der Waals surface area (Å²) in [6, 6.07) is 6.09. The molecule has 6 nitrogen and oxygen atoms in total. The van der Waals surface area contributed by atoms with Crippen molar-refractivity contribution in [1.82, 2.24) is 5.32 Å². The van der Waals surface area contributed by atoms with Crippen LogP contribution in [0, 0.1) is 0 Å². The standard InChI is InChI=1S/C13H20N2O4S/c1-10(19-2)3-8-13(16)15-9-11-4-6-12(7-5-11)20(14,17)18/h4-7,10H,3,8-9H2,1-2H3,(H,15,16)(H2,14,17,18). The Labute approximate surface area is 119 Å². The summed E-state index contributed by atoms with van der Waals surface area (Å²) in [6.45, 7) is 2.25. The van der Waals surface area contributed by atoms with Crippen molar-refractivity contribution < 1.29 is 17.9 Å². The quantitative estimate of drug-likeness (QED) is 0.777. The molecule has 112 valence electrons. The van der Waals surface area contributed by atoms with Gasteiger partial charge in [0.05, 0.1) is 11.0 Å². The molecule has 1 amide bonds. The maximum Gasteiger partial charge on any atom is 0.238 e. The van der Waals surface area contributed by atoms with Gasteiger partial charge in [-0.2, -0.15) is 0 Å². The molecule has 0 fully saturated rings. The molecule has 0 heterocycles. The van der Waals surface area contributed by atoms with Crippen LogP contribution in [0.4, 0.5) is 0 Å². The SMILES string of the molecule is COC(C)CCC(=O)NCc1ccc(S(N)(=O)=O)cc1. The van der Waals surface area contributed by atoms with Crippen molar-refractivity contribution in [2.45, 2.75) is 37.3 Å². The average molecular weight is 300 g/mol. The molecule has 1 unspecified atom stereocenters. The monoisotopic (exact) mass is 300 g/mol. The van der Waals surface area contributed by atoms with Crippen LogP contribution < -0.4 is 10.5 Å². The Balaban J connectivity index is 2.44. The van der Waals surface area contributed by atoms with E-state index in [1.165, 1.54) is 12.1 Å². The van der Waals surface area contributed by atoms with E-state index in [1.807, 2.05) is 6.92 Å². The van der Waals surface area contributed by atoms with Crippen molar-refractivity contribution >= 4 is 15.9 Å². The van der Waals surface area contributed by atoms with E-state index >= 15 is 0 Å². The summed E-state index contributed by atoms with van der Waals surface area (Å²) in [5.41, 5.74) is 0.811. The predicted molar refractivity (Wildman–Crippen MR) is 75.4 cm³/mol. The van der Waals surface area contributed by atoms with Gasteiger partial charge in [-0.05, 0) is 31.0 Å². The lowest BCUT2D eigenvalue weighted by atomic mass is 10.2. The number of carbonyl (C=O) groups is 1. The first-order chi connectivity index (χ1) is 9.32. The Morgan fingerprint density at radius 3 is 2.45 bits per heavy atom. The number of sulfonamides is 1. The third-order valence-electron chi connectivity index (χ3n) is 2.92. The lowest BCUT2D eigenvalue weighted by molar-refractivity contribution is -0.121. The Morgan fingerprint density at radius 2 is 1.95 bits per heavy atom. The average Bonchev–Trinajstić information content (AvgIpc) is 2.41. The second-order valence-electron chi connectivity index (χ2n) is 4.55. The number of nitrogens with one attached hydrogen (secondary N) is 1. The number of benzene rings is 1. The molecule has 0 radical (unpaired) electrons. The number of amides is 1. The predicted octanol–water partition coefficient (Wildman–Crippen LogP) is 0.765. The molecule has 7 heteroatoms. The summed E-state index contributed by atoms with van der Waals surface area (Å²) in [5, 5.41) is 7.76. The molecule has 1 atom stereocenters. The topological polar surface area (TPSA) is 98.5 Å². The van der Waals surface area contributed by atoms with Gasteiger partial charge in [-0.25, -0.2) is 13.6 Å². The number of ether oxygens (including phenoxy) is 1. The van der Waals surface area contributed by atoms with E-state index in [9.17, 15) is 13.2 Å². The minimum absolute atomic E-state index is 0.0507. The molecule has 0 aliphatic heterocycles. The van der Waals surface area contributed by atoms with Crippen LogP contribution in [0.3, 0.4) is 0 Å². The van der Waals surface area contributed by atoms with Gasteiger partial charge >= 0.3 is 0 Å². The van der Waals surface area contributed by atoms with Crippen molar-refractivity contribution in [3.05, 3.63) is 29.8 Å². The summed E-state index contributed by atoms with van der Waals surface area (Å²) in [5.74, 6) is -0.0653. The van der Waals surface area contributed by atoms with Crippen LogP contribution in [0.1, 0.15) is 25.3 Å². The molecule has 0 saturated heterocycles. The molecule has 0 aromatic heterocycles. The third kappa shape index (κ3) is 5.68. The van der Waals surface area contributed by atoms with Gasteiger partial charge in [-0.3, -0.25) is 4.79 Å². The van der Waals surface area contributed by atoms with Crippen molar-refractivity contribution in [2.75, 3.05) is 7.11 Å². The first-order valence-corrected chi connectivity index (χ1v) is 7.79. The Kier molecular flexibility index (Phi) is 6.12. The molecule has 0 spiro atoms. The van der Waals surface area contributed by atoms with Crippen LogP contribution in [0.5, 0.6) is 0 Å². The van der Waals surface area contributed by atoms with Crippen molar-refractivity contribution in [3.63, 3.8) is 0 Å². The first-order valence-electron chi connectivity index (χ1n) is 6.24. The molecule has 0 bridgehead atoms. The zero-order valence-corrected chi connectivity index (χ0v) is 12.4. The van der Waals surface area contributed by atoms with E-state index in [2.05, 4.69) is 5.32 Å². The number of nitrogens with two attached hydrogens (primary N) is 1. The molecular weight excluding hydrogens is 280 g/mol. The highest BCUT2D eigenvalue weighted by atomic mass is 32.2. The van der Waals surface area contributed by atoms with E-state index in [0.29, 0.717) is 19.4 Å². The van der Waals surface area contributed by atoms with Gasteiger partial charge < -0.3 is 10.1 Å². The Morgan fingerprint density at radius 1 is 1.35 bits per heavy atom. The largest absolute Gasteiger partial charge is 0.382 e. The third-order valence-corrected chi connectivity index (χ3v) is 3.85. The van der Waals surface area contributed by atoms with Crippen molar-refractivity contribution in [1.29, 1.82) is 0 Å². The second kappa shape index (κ2) is 7.37. The van der Waals surface area contributed by atoms with Crippen molar-refractivity contribution in [3.8, 4) is 0 Å². The van der Waals surface area contributed by atoms with Gasteiger partial charge in [0.25, 0.3) is 0 Å². The lowest BCUT2D eigenvalue weighted by Crippen LogP contribution is -2.23. The smallest absolute Gasteiger partial charge is 0.238 e. The van der Waals surface area contributed by atoms with E-state index < -0.39 is 10.0 Å². The number of hydrogen-bond acceptors (Lipinski definition) is 4.